The molecule has 4 heterocycles. The van der Waals surface area contributed by atoms with E-state index < -0.39 is 82.4 Å². The molecule has 64 heavy (non-hydrogen) atoms. The highest BCUT2D eigenvalue weighted by atomic mass is 16.7. The molecule has 17 heteroatoms. The zero-order valence-electron chi connectivity index (χ0n) is 37.3. The fraction of sp³-hybridized carbons (Fsp3) is 0.468. The summed E-state index contributed by atoms with van der Waals surface area (Å²) in [6.07, 6.45) is 5.49. The lowest BCUT2D eigenvalue weighted by atomic mass is 9.78. The first kappa shape index (κ1) is 46.0. The number of rotatable bonds is 4. The number of nitrogens with one attached hydrogen (secondary N) is 2. The molecule has 1 aromatic heterocycles. The van der Waals surface area contributed by atoms with Crippen LogP contribution in [0.5, 0.6) is 11.5 Å². The van der Waals surface area contributed by atoms with Crippen LogP contribution in [0.15, 0.2) is 62.3 Å². The van der Waals surface area contributed by atoms with Crippen LogP contribution in [-0.4, -0.2) is 87.8 Å². The minimum absolute atomic E-state index is 0.000391. The maximum atomic E-state index is 14.8. The Labute approximate surface area is 368 Å². The Kier molecular flexibility index (Phi) is 12.8. The highest BCUT2D eigenvalue weighted by Gasteiger charge is 2.44. The molecule has 7 rings (SSSR count). The van der Waals surface area contributed by atoms with Crippen molar-refractivity contribution >= 4 is 61.9 Å². The number of aliphatic hydroxyl groups excluding tert-OH is 2. The summed E-state index contributed by atoms with van der Waals surface area (Å²) in [6.45, 7) is 14.1. The minimum atomic E-state index is -1.88. The number of methoxy groups -OCH3 is 1. The first-order valence-electron chi connectivity index (χ1n) is 21.4. The number of esters is 1. The SMILES string of the molecule is CO[C@H]1/C=C/O[C@@]2(C)Oc3c(C)c(O)c4c(=O)c(c5oc6cc(N7CCCC7)cc(=O)c6nc5c4c3=C2NO)NC(=O)/C(C)=C\C=C\[C@H](C)[C@H](O)[C@@H](C)[C@@H](O)[C@@H](C)[C@H](OC(C)=O)[C@@H]1C. The molecule has 6 N–H and O–H groups in total. The lowest BCUT2D eigenvalue weighted by Crippen LogP contribution is -2.46. The predicted molar refractivity (Wildman–Crippen MR) is 239 cm³/mol. The molecule has 342 valence electrons. The van der Waals surface area contributed by atoms with E-state index in [1.54, 1.807) is 45.9 Å². The standard InChI is InChI=1S/C47H56N4O13/c1-21-13-12-14-22(2)46(58)49-37-41(57)33-32(36-44(37)63-31-20-28(51-16-10-11-17-51)19-29(53)35(31)48-36)34-43(26(6)40(33)56)64-47(8,45(34)50-59)61-18-15-30(60-9)23(3)42(62-27(7)52)25(5)39(55)24(4)38(21)54/h12-15,18-21,23-25,30,38-39,42,50,54-56,59H,10-11,16-17H2,1-9H3,(H,49,58)/b13-12+,18-15+,22-14-/t21-,23+,24+,25+,30-,38-,39+,42+,47-/m0/s1. The van der Waals surface area contributed by atoms with Gasteiger partial charge in [-0.1, -0.05) is 45.9 Å². The smallest absolute Gasteiger partial charge is 0.302 e. The third-order valence-corrected chi connectivity index (χ3v) is 13.0. The quantitative estimate of drug-likeness (QED) is 0.0712. The van der Waals surface area contributed by atoms with Crippen LogP contribution in [0, 0.1) is 30.6 Å². The van der Waals surface area contributed by atoms with Crippen molar-refractivity contribution in [2.24, 2.45) is 23.7 Å². The van der Waals surface area contributed by atoms with E-state index in [4.69, 9.17) is 28.3 Å². The third-order valence-electron chi connectivity index (χ3n) is 13.0. The number of benzene rings is 3. The fourth-order valence-corrected chi connectivity index (χ4v) is 9.21. The second-order valence-corrected chi connectivity index (χ2v) is 17.4. The lowest BCUT2D eigenvalue weighted by molar-refractivity contribution is -0.160. The van der Waals surface area contributed by atoms with Crippen molar-refractivity contribution in [3.05, 3.63) is 79.5 Å². The number of hydrogen-bond donors (Lipinski definition) is 6. The molecular formula is C47H56N4O13. The van der Waals surface area contributed by atoms with E-state index in [1.807, 2.05) is 4.90 Å². The van der Waals surface area contributed by atoms with E-state index in [2.05, 4.69) is 10.8 Å². The number of hydroxylamine groups is 1. The molecule has 1 fully saturated rings. The van der Waals surface area contributed by atoms with Gasteiger partial charge in [-0.2, -0.15) is 0 Å². The first-order chi connectivity index (χ1) is 30.3. The van der Waals surface area contributed by atoms with Gasteiger partial charge in [0.1, 0.15) is 34.5 Å². The molecule has 3 aliphatic heterocycles. The van der Waals surface area contributed by atoms with Crippen LogP contribution in [-0.2, 0) is 23.8 Å². The maximum absolute atomic E-state index is 14.8. The van der Waals surface area contributed by atoms with Crippen LogP contribution < -0.4 is 36.5 Å². The number of aliphatic hydroxyl groups is 2. The largest absolute Gasteiger partial charge is 0.507 e. The van der Waals surface area contributed by atoms with Crippen LogP contribution in [0.2, 0.25) is 0 Å². The molecule has 4 bridgehead atoms. The predicted octanol–water partition coefficient (Wildman–Crippen LogP) is 4.58. The Morgan fingerprint density at radius 3 is 2.34 bits per heavy atom. The van der Waals surface area contributed by atoms with E-state index in [9.17, 15) is 39.7 Å². The molecular weight excluding hydrogens is 829 g/mol. The summed E-state index contributed by atoms with van der Waals surface area (Å²) in [7, 11) is 1.45. The van der Waals surface area contributed by atoms with Crippen LogP contribution in [0.4, 0.5) is 11.4 Å². The first-order valence-corrected chi connectivity index (χ1v) is 21.4. The third kappa shape index (κ3) is 8.05. The Morgan fingerprint density at radius 1 is 0.984 bits per heavy atom. The van der Waals surface area contributed by atoms with Gasteiger partial charge in [-0.15, -0.1) is 0 Å². The average Bonchev–Trinajstić information content (AvgIpc) is 3.91. The number of carbonyl (C=O) groups excluding carboxylic acids is 2. The molecule has 17 nitrogen and oxygen atoms in total. The number of fused-ring (bicyclic) bond motifs is 2. The number of phenolic OH excluding ortho intramolecular Hbond substituents is 1. The van der Waals surface area contributed by atoms with Crippen LogP contribution in [0.25, 0.3) is 38.7 Å². The number of phenols is 1. The van der Waals surface area contributed by atoms with Gasteiger partial charge in [0.25, 0.3) is 11.7 Å². The highest BCUT2D eigenvalue weighted by Crippen LogP contribution is 2.42. The van der Waals surface area contributed by atoms with Crippen molar-refractivity contribution in [2.75, 3.05) is 30.4 Å². The number of anilines is 2. The topological polar surface area (TPSA) is 239 Å². The van der Waals surface area contributed by atoms with Gasteiger partial charge >= 0.3 is 5.97 Å². The summed E-state index contributed by atoms with van der Waals surface area (Å²) in [6, 6.07) is 3.12. The second-order valence-electron chi connectivity index (χ2n) is 17.4. The molecule has 0 aliphatic carbocycles. The van der Waals surface area contributed by atoms with E-state index >= 15 is 0 Å². The van der Waals surface area contributed by atoms with Gasteiger partial charge in [-0.3, -0.25) is 29.9 Å². The van der Waals surface area contributed by atoms with Gasteiger partial charge in [0.05, 0.1) is 35.2 Å². The van der Waals surface area contributed by atoms with Gasteiger partial charge < -0.3 is 48.9 Å². The average molecular weight is 885 g/mol. The van der Waals surface area contributed by atoms with Gasteiger partial charge in [-0.25, -0.2) is 4.98 Å². The van der Waals surface area contributed by atoms with Gasteiger partial charge in [-0.05, 0) is 32.8 Å². The van der Waals surface area contributed by atoms with Crippen molar-refractivity contribution in [1.82, 2.24) is 10.5 Å². The summed E-state index contributed by atoms with van der Waals surface area (Å²) in [5.41, 5.74) is 0.815. The number of hydrogen-bond acceptors (Lipinski definition) is 16. The van der Waals surface area contributed by atoms with Crippen LogP contribution >= 0.6 is 0 Å². The summed E-state index contributed by atoms with van der Waals surface area (Å²) in [4.78, 5) is 61.9. The maximum Gasteiger partial charge on any atom is 0.302 e. The number of aromatic nitrogens is 1. The van der Waals surface area contributed by atoms with Gasteiger partial charge in [0.2, 0.25) is 10.9 Å². The molecule has 3 aromatic carbocycles. The van der Waals surface area contributed by atoms with Gasteiger partial charge in [0.15, 0.2) is 16.7 Å². The summed E-state index contributed by atoms with van der Waals surface area (Å²) >= 11 is 0. The van der Waals surface area contributed by atoms with Crippen molar-refractivity contribution in [3.63, 3.8) is 0 Å². The molecule has 4 aromatic rings. The fourth-order valence-electron chi connectivity index (χ4n) is 9.21. The van der Waals surface area contributed by atoms with E-state index in [-0.39, 0.29) is 66.5 Å². The normalized spacial score (nSPS) is 29.9. The number of aromatic hydroxyl groups is 1. The van der Waals surface area contributed by atoms with Crippen molar-refractivity contribution in [2.45, 2.75) is 98.4 Å². The summed E-state index contributed by atoms with van der Waals surface area (Å²) in [5.74, 6) is -6.24. The molecule has 0 saturated carbocycles. The number of carbonyl (C=O) groups is 2. The Morgan fingerprint density at radius 2 is 1.69 bits per heavy atom. The van der Waals surface area contributed by atoms with E-state index in [0.29, 0.717) is 5.69 Å². The van der Waals surface area contributed by atoms with E-state index in [1.165, 1.54) is 59.3 Å². The molecule has 1 amide bonds. The summed E-state index contributed by atoms with van der Waals surface area (Å²) < 4.78 is 30.7. The molecule has 0 spiro atoms. The number of nitrogens with zero attached hydrogens (tertiary/aromatic N) is 2. The zero-order chi connectivity index (χ0) is 46.5. The number of amides is 1. The monoisotopic (exact) mass is 884 g/mol. The van der Waals surface area contributed by atoms with Crippen LogP contribution in [0.1, 0.15) is 66.9 Å². The Balaban J connectivity index is 1.51. The molecule has 1 saturated heterocycles. The zero-order valence-corrected chi connectivity index (χ0v) is 37.3. The summed E-state index contributed by atoms with van der Waals surface area (Å²) in [5, 5.41) is 48.1. The Bertz CT molecular complexity index is 2790. The minimum Gasteiger partial charge on any atom is -0.507 e. The second kappa shape index (κ2) is 17.9. The molecule has 0 unspecified atom stereocenters. The molecule has 9 atom stereocenters. The Hall–Kier alpha value is -6.01. The van der Waals surface area contributed by atoms with Gasteiger partial charge in [0, 0.05) is 92.1 Å². The lowest BCUT2D eigenvalue weighted by Gasteiger charge is -2.38. The molecule has 0 radical (unpaired) electrons. The van der Waals surface area contributed by atoms with Crippen LogP contribution in [0.3, 0.4) is 0 Å². The van der Waals surface area contributed by atoms with Crippen molar-refractivity contribution in [1.29, 1.82) is 0 Å². The van der Waals surface area contributed by atoms with E-state index in [0.717, 1.165) is 25.9 Å². The van der Waals surface area contributed by atoms with Crippen molar-refractivity contribution in [3.8, 4) is 11.5 Å². The highest BCUT2D eigenvalue weighted by molar-refractivity contribution is 6.17. The number of ether oxygens (including phenoxy) is 4. The van der Waals surface area contributed by atoms with Crippen molar-refractivity contribution < 1.29 is 53.5 Å². The number of allylic oxidation sites excluding steroid dienone is 2. The molecule has 3 aliphatic rings.